The van der Waals surface area contributed by atoms with Gasteiger partial charge in [-0.3, -0.25) is 4.79 Å². The molecule has 5 nitrogen and oxygen atoms in total. The predicted octanol–water partition coefficient (Wildman–Crippen LogP) is 4.16. The van der Waals surface area contributed by atoms with Crippen LogP contribution in [-0.4, -0.2) is 20.9 Å². The summed E-state index contributed by atoms with van der Waals surface area (Å²) in [5.74, 6) is -0.0250. The standard InChI is InChI=1S/C23H30N2O3S/c1-15(2)14-24-29(27,28)22-13-18(9-11-19(22)16(3)4)23(26)25-21-12-10-17-7-5-6-8-20(17)21/h5-9,11,13,15-16,21,24H,10,12,14H2,1-4H3,(H,25,26). The smallest absolute Gasteiger partial charge is 0.251 e. The minimum Gasteiger partial charge on any atom is -0.345 e. The van der Waals surface area contributed by atoms with Gasteiger partial charge in [-0.1, -0.05) is 58.0 Å². The molecule has 1 aliphatic carbocycles. The summed E-state index contributed by atoms with van der Waals surface area (Å²) in [4.78, 5) is 13.1. The number of aryl methyl sites for hydroxylation is 1. The highest BCUT2D eigenvalue weighted by Gasteiger charge is 2.26. The summed E-state index contributed by atoms with van der Waals surface area (Å²) in [6.45, 7) is 8.16. The molecular weight excluding hydrogens is 384 g/mol. The van der Waals surface area contributed by atoms with Gasteiger partial charge in [0.1, 0.15) is 0 Å². The molecule has 1 amide bonds. The van der Waals surface area contributed by atoms with Gasteiger partial charge in [0, 0.05) is 12.1 Å². The number of carbonyl (C=O) groups excluding carboxylic acids is 1. The van der Waals surface area contributed by atoms with Gasteiger partial charge < -0.3 is 5.32 Å². The fourth-order valence-corrected chi connectivity index (χ4v) is 5.29. The Morgan fingerprint density at radius 1 is 1.10 bits per heavy atom. The highest BCUT2D eigenvalue weighted by molar-refractivity contribution is 7.89. The van der Waals surface area contributed by atoms with Crippen LogP contribution >= 0.6 is 0 Å². The van der Waals surface area contributed by atoms with Crippen LogP contribution < -0.4 is 10.0 Å². The zero-order valence-electron chi connectivity index (χ0n) is 17.5. The van der Waals surface area contributed by atoms with Crippen molar-refractivity contribution < 1.29 is 13.2 Å². The molecule has 156 valence electrons. The first kappa shape index (κ1) is 21.5. The van der Waals surface area contributed by atoms with E-state index in [-0.39, 0.29) is 28.7 Å². The fraction of sp³-hybridized carbons (Fsp3) is 0.435. The van der Waals surface area contributed by atoms with Crippen molar-refractivity contribution in [2.45, 2.75) is 57.4 Å². The topological polar surface area (TPSA) is 75.3 Å². The molecule has 0 aliphatic heterocycles. The van der Waals surface area contributed by atoms with Crippen LogP contribution in [0.5, 0.6) is 0 Å². The summed E-state index contributed by atoms with van der Waals surface area (Å²) in [5, 5.41) is 3.07. The maximum absolute atomic E-state index is 12.9. The second-order valence-electron chi connectivity index (χ2n) is 8.42. The fourth-order valence-electron chi connectivity index (χ4n) is 3.69. The van der Waals surface area contributed by atoms with E-state index >= 15 is 0 Å². The van der Waals surface area contributed by atoms with Gasteiger partial charge in [-0.15, -0.1) is 0 Å². The quantitative estimate of drug-likeness (QED) is 0.714. The number of nitrogens with one attached hydrogen (secondary N) is 2. The van der Waals surface area contributed by atoms with Gasteiger partial charge in [-0.25, -0.2) is 13.1 Å². The molecule has 0 heterocycles. The molecule has 0 radical (unpaired) electrons. The van der Waals surface area contributed by atoms with Crippen LogP contribution in [0.4, 0.5) is 0 Å². The number of carbonyl (C=O) groups is 1. The summed E-state index contributed by atoms with van der Waals surface area (Å²) in [7, 11) is -3.69. The van der Waals surface area contributed by atoms with Crippen LogP contribution in [0.25, 0.3) is 0 Å². The van der Waals surface area contributed by atoms with Crippen LogP contribution in [0.1, 0.15) is 73.1 Å². The van der Waals surface area contributed by atoms with Gasteiger partial charge in [-0.05, 0) is 53.5 Å². The van der Waals surface area contributed by atoms with E-state index in [1.807, 2.05) is 45.9 Å². The van der Waals surface area contributed by atoms with Crippen LogP contribution in [0, 0.1) is 5.92 Å². The normalized spacial score (nSPS) is 16.3. The van der Waals surface area contributed by atoms with Crippen molar-refractivity contribution in [1.29, 1.82) is 0 Å². The van der Waals surface area contributed by atoms with Crippen molar-refractivity contribution in [3.8, 4) is 0 Å². The van der Waals surface area contributed by atoms with Crippen molar-refractivity contribution in [2.75, 3.05) is 6.54 Å². The Morgan fingerprint density at radius 3 is 2.52 bits per heavy atom. The molecule has 0 spiro atoms. The molecule has 1 aliphatic rings. The van der Waals surface area contributed by atoms with Gasteiger partial charge >= 0.3 is 0 Å². The van der Waals surface area contributed by atoms with Gasteiger partial charge in [0.25, 0.3) is 5.91 Å². The molecule has 0 fully saturated rings. The summed E-state index contributed by atoms with van der Waals surface area (Å²) in [6, 6.07) is 13.1. The molecule has 29 heavy (non-hydrogen) atoms. The minimum absolute atomic E-state index is 0.0273. The zero-order valence-corrected chi connectivity index (χ0v) is 18.3. The molecule has 3 rings (SSSR count). The Kier molecular flexibility index (Phi) is 6.44. The first-order valence-corrected chi connectivity index (χ1v) is 11.7. The SMILES string of the molecule is CC(C)CNS(=O)(=O)c1cc(C(=O)NC2CCc3ccccc32)ccc1C(C)C. The van der Waals surface area contributed by atoms with E-state index in [2.05, 4.69) is 16.1 Å². The second-order valence-corrected chi connectivity index (χ2v) is 10.2. The highest BCUT2D eigenvalue weighted by Crippen LogP contribution is 2.31. The Bertz CT molecular complexity index is 997. The van der Waals surface area contributed by atoms with E-state index in [1.54, 1.807) is 12.1 Å². The van der Waals surface area contributed by atoms with Gasteiger partial charge in [-0.2, -0.15) is 0 Å². The van der Waals surface area contributed by atoms with Crippen molar-refractivity contribution >= 4 is 15.9 Å². The van der Waals surface area contributed by atoms with E-state index in [0.717, 1.165) is 18.4 Å². The Morgan fingerprint density at radius 2 is 1.83 bits per heavy atom. The minimum atomic E-state index is -3.69. The largest absolute Gasteiger partial charge is 0.345 e. The van der Waals surface area contributed by atoms with Crippen LogP contribution in [0.2, 0.25) is 0 Å². The number of sulfonamides is 1. The first-order chi connectivity index (χ1) is 13.7. The van der Waals surface area contributed by atoms with Gasteiger partial charge in [0.2, 0.25) is 10.0 Å². The third kappa shape index (κ3) is 4.87. The Balaban J connectivity index is 1.88. The Hall–Kier alpha value is -2.18. The highest BCUT2D eigenvalue weighted by atomic mass is 32.2. The maximum Gasteiger partial charge on any atom is 0.251 e. The lowest BCUT2D eigenvalue weighted by Gasteiger charge is -2.18. The summed E-state index contributed by atoms with van der Waals surface area (Å²) >= 11 is 0. The molecule has 1 unspecified atom stereocenters. The molecule has 2 aromatic carbocycles. The Labute approximate surface area is 174 Å². The maximum atomic E-state index is 12.9. The number of fused-ring (bicyclic) bond motifs is 1. The number of hydrogen-bond donors (Lipinski definition) is 2. The van der Waals surface area contributed by atoms with Crippen molar-refractivity contribution in [3.05, 3.63) is 64.7 Å². The van der Waals surface area contributed by atoms with E-state index in [1.165, 1.54) is 11.6 Å². The zero-order chi connectivity index (χ0) is 21.2. The lowest BCUT2D eigenvalue weighted by atomic mass is 10.0. The molecule has 6 heteroatoms. The molecule has 0 bridgehead atoms. The molecule has 2 aromatic rings. The molecule has 0 saturated heterocycles. The number of amides is 1. The van der Waals surface area contributed by atoms with Gasteiger partial charge in [0.05, 0.1) is 10.9 Å². The monoisotopic (exact) mass is 414 g/mol. The number of hydrogen-bond acceptors (Lipinski definition) is 3. The third-order valence-electron chi connectivity index (χ3n) is 5.31. The average Bonchev–Trinajstić information content (AvgIpc) is 3.09. The van der Waals surface area contributed by atoms with Crippen LogP contribution in [0.15, 0.2) is 47.4 Å². The molecule has 2 N–H and O–H groups in total. The first-order valence-electron chi connectivity index (χ1n) is 10.2. The predicted molar refractivity (Wildman–Crippen MR) is 116 cm³/mol. The summed E-state index contributed by atoms with van der Waals surface area (Å²) in [6.07, 6.45) is 1.79. The number of benzene rings is 2. The molecule has 0 saturated carbocycles. The average molecular weight is 415 g/mol. The summed E-state index contributed by atoms with van der Waals surface area (Å²) < 4.78 is 28.5. The lowest BCUT2D eigenvalue weighted by molar-refractivity contribution is 0.0936. The molecule has 1 atom stereocenters. The van der Waals surface area contributed by atoms with Gasteiger partial charge in [0.15, 0.2) is 0 Å². The van der Waals surface area contributed by atoms with Crippen molar-refractivity contribution in [2.24, 2.45) is 5.92 Å². The second kappa shape index (κ2) is 8.67. The van der Waals surface area contributed by atoms with E-state index in [0.29, 0.717) is 17.7 Å². The number of rotatable bonds is 7. The van der Waals surface area contributed by atoms with E-state index in [9.17, 15) is 13.2 Å². The lowest BCUT2D eigenvalue weighted by Crippen LogP contribution is -2.30. The van der Waals surface area contributed by atoms with Crippen LogP contribution in [0.3, 0.4) is 0 Å². The van der Waals surface area contributed by atoms with Crippen LogP contribution in [-0.2, 0) is 16.4 Å². The van der Waals surface area contributed by atoms with E-state index in [4.69, 9.17) is 0 Å². The van der Waals surface area contributed by atoms with Crippen molar-refractivity contribution in [1.82, 2.24) is 10.0 Å². The molecular formula is C23H30N2O3S. The summed E-state index contributed by atoms with van der Waals surface area (Å²) in [5.41, 5.74) is 3.48. The van der Waals surface area contributed by atoms with E-state index < -0.39 is 10.0 Å². The van der Waals surface area contributed by atoms with Crippen molar-refractivity contribution in [3.63, 3.8) is 0 Å². The third-order valence-corrected chi connectivity index (χ3v) is 6.79. The molecule has 0 aromatic heterocycles.